The molecule has 2 aromatic carbocycles. The Labute approximate surface area is 164 Å². The first kappa shape index (κ1) is 21.1. The second-order valence-electron chi connectivity index (χ2n) is 7.47. The normalized spacial score (nSPS) is 19.3. The Morgan fingerprint density at radius 3 is 2.44 bits per heavy atom. The van der Waals surface area contributed by atoms with E-state index in [9.17, 15) is 0 Å². The number of benzene rings is 2. The highest BCUT2D eigenvalue weighted by atomic mass is 16.5. The van der Waals surface area contributed by atoms with E-state index in [2.05, 4.69) is 25.7 Å². The lowest BCUT2D eigenvalue weighted by Gasteiger charge is -2.27. The van der Waals surface area contributed by atoms with Crippen molar-refractivity contribution in [2.75, 3.05) is 32.0 Å². The maximum Gasteiger partial charge on any atom is 0.120 e. The lowest BCUT2D eigenvalue weighted by Crippen LogP contribution is -2.37. The second kappa shape index (κ2) is 10.2. The van der Waals surface area contributed by atoms with Gasteiger partial charge in [0.2, 0.25) is 0 Å². The maximum absolute atomic E-state index is 6.26. The molecule has 0 bridgehead atoms. The SMILES string of the molecule is CCC.Cc1cc(OC2(C)CCN(CCOc3ccccc3)C2)ccc1N. The van der Waals surface area contributed by atoms with Crippen molar-refractivity contribution in [3.8, 4) is 11.5 Å². The lowest BCUT2D eigenvalue weighted by atomic mass is 10.1. The van der Waals surface area contributed by atoms with E-state index in [-0.39, 0.29) is 5.60 Å². The molecule has 1 unspecified atom stereocenters. The first-order valence-electron chi connectivity index (χ1n) is 9.91. The van der Waals surface area contributed by atoms with Crippen LogP contribution in [-0.4, -0.2) is 36.7 Å². The summed E-state index contributed by atoms with van der Waals surface area (Å²) in [5.41, 5.74) is 7.58. The van der Waals surface area contributed by atoms with Gasteiger partial charge in [-0.3, -0.25) is 4.90 Å². The molecule has 0 radical (unpaired) electrons. The molecule has 148 valence electrons. The van der Waals surface area contributed by atoms with Crippen LogP contribution in [0.5, 0.6) is 11.5 Å². The molecule has 1 fully saturated rings. The predicted molar refractivity (Wildman–Crippen MR) is 114 cm³/mol. The molecule has 1 saturated heterocycles. The first-order valence-corrected chi connectivity index (χ1v) is 9.91. The van der Waals surface area contributed by atoms with E-state index in [0.717, 1.165) is 48.8 Å². The van der Waals surface area contributed by atoms with Crippen LogP contribution in [0.1, 0.15) is 39.2 Å². The summed E-state index contributed by atoms with van der Waals surface area (Å²) in [6, 6.07) is 15.8. The number of ether oxygens (including phenoxy) is 2. The first-order chi connectivity index (χ1) is 13.0. The molecule has 4 heteroatoms. The van der Waals surface area contributed by atoms with Crippen molar-refractivity contribution in [2.24, 2.45) is 0 Å². The van der Waals surface area contributed by atoms with Gasteiger partial charge < -0.3 is 15.2 Å². The fourth-order valence-electron chi connectivity index (χ4n) is 3.11. The van der Waals surface area contributed by atoms with Gasteiger partial charge in [0, 0.05) is 31.7 Å². The molecular weight excluding hydrogens is 336 g/mol. The van der Waals surface area contributed by atoms with Crippen LogP contribution in [0.4, 0.5) is 5.69 Å². The molecule has 3 rings (SSSR count). The highest BCUT2D eigenvalue weighted by Crippen LogP contribution is 2.29. The Hall–Kier alpha value is -2.20. The average Bonchev–Trinajstić information content (AvgIpc) is 3.01. The zero-order chi connectivity index (χ0) is 19.7. The van der Waals surface area contributed by atoms with Gasteiger partial charge in [-0.05, 0) is 49.7 Å². The summed E-state index contributed by atoms with van der Waals surface area (Å²) < 4.78 is 12.0. The summed E-state index contributed by atoms with van der Waals surface area (Å²) in [4.78, 5) is 2.40. The van der Waals surface area contributed by atoms with Gasteiger partial charge >= 0.3 is 0 Å². The number of nitrogen functional groups attached to an aromatic ring is 1. The van der Waals surface area contributed by atoms with Gasteiger partial charge in [-0.25, -0.2) is 0 Å². The number of anilines is 1. The summed E-state index contributed by atoms with van der Waals surface area (Å²) in [5.74, 6) is 1.82. The average molecular weight is 371 g/mol. The molecule has 1 heterocycles. The van der Waals surface area contributed by atoms with Gasteiger partial charge in [0.1, 0.15) is 23.7 Å². The van der Waals surface area contributed by atoms with Crippen LogP contribution in [0.3, 0.4) is 0 Å². The quantitative estimate of drug-likeness (QED) is 0.734. The summed E-state index contributed by atoms with van der Waals surface area (Å²) >= 11 is 0. The van der Waals surface area contributed by atoms with Crippen molar-refractivity contribution in [3.05, 3.63) is 54.1 Å². The fourth-order valence-corrected chi connectivity index (χ4v) is 3.11. The van der Waals surface area contributed by atoms with Crippen LogP contribution >= 0.6 is 0 Å². The van der Waals surface area contributed by atoms with Crippen LogP contribution in [0.15, 0.2) is 48.5 Å². The van der Waals surface area contributed by atoms with E-state index >= 15 is 0 Å². The molecule has 1 aliphatic heterocycles. The molecular formula is C23H34N2O2. The molecule has 1 atom stereocenters. The van der Waals surface area contributed by atoms with Crippen molar-refractivity contribution in [3.63, 3.8) is 0 Å². The number of nitrogens with two attached hydrogens (primary N) is 1. The Kier molecular flexibility index (Phi) is 7.99. The van der Waals surface area contributed by atoms with Crippen molar-refractivity contribution >= 4 is 5.69 Å². The van der Waals surface area contributed by atoms with Gasteiger partial charge in [-0.15, -0.1) is 0 Å². The minimum Gasteiger partial charge on any atom is -0.492 e. The van der Waals surface area contributed by atoms with Gasteiger partial charge in [-0.1, -0.05) is 38.5 Å². The smallest absolute Gasteiger partial charge is 0.120 e. The summed E-state index contributed by atoms with van der Waals surface area (Å²) in [5, 5.41) is 0. The summed E-state index contributed by atoms with van der Waals surface area (Å²) in [6.45, 7) is 12.0. The molecule has 0 saturated carbocycles. The molecule has 1 aliphatic rings. The molecule has 27 heavy (non-hydrogen) atoms. The van der Waals surface area contributed by atoms with Gasteiger partial charge in [-0.2, -0.15) is 0 Å². The predicted octanol–water partition coefficient (Wildman–Crippen LogP) is 4.92. The maximum atomic E-state index is 6.26. The van der Waals surface area contributed by atoms with E-state index in [1.165, 1.54) is 6.42 Å². The molecule has 2 N–H and O–H groups in total. The van der Waals surface area contributed by atoms with Crippen molar-refractivity contribution in [2.45, 2.75) is 46.1 Å². The van der Waals surface area contributed by atoms with E-state index in [0.29, 0.717) is 6.61 Å². The molecule has 0 amide bonds. The zero-order valence-corrected chi connectivity index (χ0v) is 17.2. The molecule has 0 spiro atoms. The van der Waals surface area contributed by atoms with Gasteiger partial charge in [0.25, 0.3) is 0 Å². The Balaban J connectivity index is 0.000000817. The molecule has 0 aromatic heterocycles. The Morgan fingerprint density at radius 1 is 1.07 bits per heavy atom. The highest BCUT2D eigenvalue weighted by molar-refractivity contribution is 5.49. The zero-order valence-electron chi connectivity index (χ0n) is 17.2. The van der Waals surface area contributed by atoms with Crippen LogP contribution in [0, 0.1) is 6.92 Å². The van der Waals surface area contributed by atoms with Crippen LogP contribution < -0.4 is 15.2 Å². The Morgan fingerprint density at radius 2 is 1.78 bits per heavy atom. The van der Waals surface area contributed by atoms with Crippen molar-refractivity contribution in [1.82, 2.24) is 4.90 Å². The number of aryl methyl sites for hydroxylation is 1. The number of likely N-dealkylation sites (tertiary alicyclic amines) is 1. The largest absolute Gasteiger partial charge is 0.492 e. The Bertz CT molecular complexity index is 690. The fraction of sp³-hybridized carbons (Fsp3) is 0.478. The molecule has 0 aliphatic carbocycles. The van der Waals surface area contributed by atoms with Crippen LogP contribution in [0.2, 0.25) is 0 Å². The third kappa shape index (κ3) is 6.79. The van der Waals surface area contributed by atoms with E-state index in [4.69, 9.17) is 15.2 Å². The second-order valence-corrected chi connectivity index (χ2v) is 7.47. The third-order valence-corrected chi connectivity index (χ3v) is 4.54. The monoisotopic (exact) mass is 370 g/mol. The highest BCUT2D eigenvalue weighted by Gasteiger charge is 2.35. The van der Waals surface area contributed by atoms with Gasteiger partial charge in [0.05, 0.1) is 0 Å². The molecule has 2 aromatic rings. The minimum atomic E-state index is -0.157. The number of hydrogen-bond donors (Lipinski definition) is 1. The van der Waals surface area contributed by atoms with Crippen LogP contribution in [0.25, 0.3) is 0 Å². The van der Waals surface area contributed by atoms with Crippen LogP contribution in [-0.2, 0) is 0 Å². The van der Waals surface area contributed by atoms with E-state index in [1.807, 2.05) is 55.5 Å². The van der Waals surface area contributed by atoms with E-state index < -0.39 is 0 Å². The molecule has 4 nitrogen and oxygen atoms in total. The summed E-state index contributed by atoms with van der Waals surface area (Å²) in [6.07, 6.45) is 2.27. The van der Waals surface area contributed by atoms with Gasteiger partial charge in [0.15, 0.2) is 0 Å². The standard InChI is InChI=1S/C20H26N2O2.C3H8/c1-16-14-18(8-9-19(16)21)24-20(2)10-11-22(15-20)12-13-23-17-6-4-3-5-7-17;1-3-2/h3-9,14H,10-13,15,21H2,1-2H3;3H2,1-2H3. The third-order valence-electron chi connectivity index (χ3n) is 4.54. The lowest BCUT2D eigenvalue weighted by molar-refractivity contribution is 0.0934. The minimum absolute atomic E-state index is 0.157. The summed E-state index contributed by atoms with van der Waals surface area (Å²) in [7, 11) is 0. The number of nitrogens with zero attached hydrogens (tertiary/aromatic N) is 1. The number of rotatable bonds is 6. The topological polar surface area (TPSA) is 47.7 Å². The number of para-hydroxylation sites is 1. The van der Waals surface area contributed by atoms with Crippen molar-refractivity contribution in [1.29, 1.82) is 0 Å². The number of hydrogen-bond acceptors (Lipinski definition) is 4. The van der Waals surface area contributed by atoms with Crippen molar-refractivity contribution < 1.29 is 9.47 Å². The van der Waals surface area contributed by atoms with E-state index in [1.54, 1.807) is 0 Å².